The predicted molar refractivity (Wildman–Crippen MR) is 54.8 cm³/mol. The van der Waals surface area contributed by atoms with Crippen LogP contribution in [0, 0.1) is 11.3 Å². The van der Waals surface area contributed by atoms with Gasteiger partial charge in [-0.3, -0.25) is 4.79 Å². The Kier molecular flexibility index (Phi) is 4.10. The molecule has 0 bridgehead atoms. The highest BCUT2D eigenvalue weighted by molar-refractivity contribution is 6.30. The van der Waals surface area contributed by atoms with Crippen molar-refractivity contribution in [1.82, 2.24) is 0 Å². The highest BCUT2D eigenvalue weighted by Crippen LogP contribution is 2.10. The second-order valence-electron chi connectivity index (χ2n) is 2.85. The van der Waals surface area contributed by atoms with E-state index >= 15 is 0 Å². The molecule has 1 rings (SSSR count). The number of nitrogens with zero attached hydrogens (tertiary/aromatic N) is 1. The van der Waals surface area contributed by atoms with E-state index < -0.39 is 12.0 Å². The first-order valence-electron chi connectivity index (χ1n) is 4.18. The van der Waals surface area contributed by atoms with Crippen molar-refractivity contribution in [3.63, 3.8) is 0 Å². The van der Waals surface area contributed by atoms with E-state index in [1.807, 2.05) is 0 Å². The molecule has 0 radical (unpaired) electrons. The van der Waals surface area contributed by atoms with E-state index in [1.54, 1.807) is 30.3 Å². The summed E-state index contributed by atoms with van der Waals surface area (Å²) in [6.07, 6.45) is -1.21. The molecular weight excluding hydrogens is 216 g/mol. The molecule has 0 aliphatic carbocycles. The number of halogens is 1. The van der Waals surface area contributed by atoms with Crippen LogP contribution in [0.2, 0.25) is 5.02 Å². The standard InChI is InChI=1S/C10H9ClN2O2/c11-8-3-1-7(2-4-8)6-15-9(5-12)10(13)14/h1-4,9H,6H2,(H2,13,14). The fourth-order valence-electron chi connectivity index (χ4n) is 0.943. The lowest BCUT2D eigenvalue weighted by Crippen LogP contribution is -2.29. The van der Waals surface area contributed by atoms with Crippen LogP contribution in [0.15, 0.2) is 24.3 Å². The van der Waals surface area contributed by atoms with Crippen LogP contribution in [0.1, 0.15) is 5.56 Å². The highest BCUT2D eigenvalue weighted by atomic mass is 35.5. The molecule has 0 fully saturated rings. The van der Waals surface area contributed by atoms with Crippen molar-refractivity contribution in [2.24, 2.45) is 5.73 Å². The summed E-state index contributed by atoms with van der Waals surface area (Å²) in [5, 5.41) is 9.14. The number of rotatable bonds is 4. The zero-order valence-electron chi connectivity index (χ0n) is 7.81. The molecule has 0 spiro atoms. The van der Waals surface area contributed by atoms with E-state index in [2.05, 4.69) is 0 Å². The maximum Gasteiger partial charge on any atom is 0.261 e. The third-order valence-electron chi connectivity index (χ3n) is 1.71. The number of nitriles is 1. The maximum absolute atomic E-state index is 10.7. The summed E-state index contributed by atoms with van der Waals surface area (Å²) in [5.74, 6) is -0.786. The maximum atomic E-state index is 10.7. The Hall–Kier alpha value is -1.57. The van der Waals surface area contributed by atoms with Crippen LogP contribution < -0.4 is 5.73 Å². The zero-order chi connectivity index (χ0) is 11.3. The second kappa shape index (κ2) is 5.35. The first kappa shape index (κ1) is 11.5. The summed E-state index contributed by atoms with van der Waals surface area (Å²) in [7, 11) is 0. The number of hydrogen-bond acceptors (Lipinski definition) is 3. The molecule has 0 aromatic heterocycles. The van der Waals surface area contributed by atoms with Crippen LogP contribution in [-0.4, -0.2) is 12.0 Å². The molecule has 0 heterocycles. The Morgan fingerprint density at radius 3 is 2.60 bits per heavy atom. The minimum Gasteiger partial charge on any atom is -0.366 e. The molecule has 1 aromatic rings. The lowest BCUT2D eigenvalue weighted by Gasteiger charge is -2.06. The summed E-state index contributed by atoms with van der Waals surface area (Å²) < 4.78 is 5.00. The van der Waals surface area contributed by atoms with Gasteiger partial charge in [-0.25, -0.2) is 0 Å². The third kappa shape index (κ3) is 3.58. The van der Waals surface area contributed by atoms with Crippen LogP contribution in [0.4, 0.5) is 0 Å². The fraction of sp³-hybridized carbons (Fsp3) is 0.200. The minimum atomic E-state index is -1.21. The van der Waals surface area contributed by atoms with Gasteiger partial charge >= 0.3 is 0 Å². The highest BCUT2D eigenvalue weighted by Gasteiger charge is 2.13. The number of ether oxygens (including phenoxy) is 1. The SMILES string of the molecule is N#CC(OCc1ccc(Cl)cc1)C(N)=O. The summed E-state index contributed by atoms with van der Waals surface area (Å²) >= 11 is 5.68. The summed E-state index contributed by atoms with van der Waals surface area (Å²) in [6, 6.07) is 8.56. The lowest BCUT2D eigenvalue weighted by atomic mass is 10.2. The monoisotopic (exact) mass is 224 g/mol. The van der Waals surface area contributed by atoms with Gasteiger partial charge in [-0.1, -0.05) is 23.7 Å². The molecule has 1 aromatic carbocycles. The van der Waals surface area contributed by atoms with E-state index in [9.17, 15) is 4.79 Å². The van der Waals surface area contributed by atoms with E-state index in [4.69, 9.17) is 27.3 Å². The van der Waals surface area contributed by atoms with Gasteiger partial charge in [0, 0.05) is 5.02 Å². The van der Waals surface area contributed by atoms with Crippen molar-refractivity contribution in [3.05, 3.63) is 34.9 Å². The Morgan fingerprint density at radius 2 is 2.13 bits per heavy atom. The molecule has 0 aliphatic heterocycles. The fourth-order valence-corrected chi connectivity index (χ4v) is 1.07. The topological polar surface area (TPSA) is 76.1 Å². The molecule has 2 N–H and O–H groups in total. The molecule has 0 aliphatic rings. The molecule has 5 heteroatoms. The third-order valence-corrected chi connectivity index (χ3v) is 1.96. The van der Waals surface area contributed by atoms with Crippen molar-refractivity contribution in [2.45, 2.75) is 12.7 Å². The smallest absolute Gasteiger partial charge is 0.261 e. The van der Waals surface area contributed by atoms with Crippen LogP contribution in [0.5, 0.6) is 0 Å². The Labute approximate surface area is 92.2 Å². The van der Waals surface area contributed by atoms with Gasteiger partial charge in [0.25, 0.3) is 5.91 Å². The van der Waals surface area contributed by atoms with Crippen LogP contribution in [-0.2, 0) is 16.1 Å². The number of benzene rings is 1. The molecular formula is C10H9ClN2O2. The van der Waals surface area contributed by atoms with Gasteiger partial charge in [0.1, 0.15) is 6.07 Å². The van der Waals surface area contributed by atoms with E-state index in [1.165, 1.54) is 0 Å². The molecule has 1 unspecified atom stereocenters. The second-order valence-corrected chi connectivity index (χ2v) is 3.29. The van der Waals surface area contributed by atoms with Gasteiger partial charge in [-0.05, 0) is 17.7 Å². The molecule has 0 saturated carbocycles. The molecule has 15 heavy (non-hydrogen) atoms. The van der Waals surface area contributed by atoms with E-state index in [0.29, 0.717) is 5.02 Å². The average molecular weight is 225 g/mol. The van der Waals surface area contributed by atoms with Crippen molar-refractivity contribution in [2.75, 3.05) is 0 Å². The average Bonchev–Trinajstić information content (AvgIpc) is 2.21. The predicted octanol–water partition coefficient (Wildman–Crippen LogP) is 1.23. The number of nitrogens with two attached hydrogens (primary N) is 1. The Bertz CT molecular complexity index is 383. The Morgan fingerprint density at radius 1 is 1.53 bits per heavy atom. The summed E-state index contributed by atoms with van der Waals surface area (Å²) in [6.45, 7) is 0.151. The molecule has 0 saturated heterocycles. The number of carbonyl (C=O) groups excluding carboxylic acids is 1. The molecule has 1 atom stereocenters. The number of hydrogen-bond donors (Lipinski definition) is 1. The quantitative estimate of drug-likeness (QED) is 0.836. The normalized spacial score (nSPS) is 11.7. The van der Waals surface area contributed by atoms with E-state index in [0.717, 1.165) is 5.56 Å². The van der Waals surface area contributed by atoms with Crippen LogP contribution in [0.3, 0.4) is 0 Å². The van der Waals surface area contributed by atoms with Gasteiger partial charge in [0.2, 0.25) is 6.10 Å². The van der Waals surface area contributed by atoms with Gasteiger partial charge in [-0.2, -0.15) is 5.26 Å². The Balaban J connectivity index is 2.54. The molecule has 1 amide bonds. The van der Waals surface area contributed by atoms with Gasteiger partial charge < -0.3 is 10.5 Å². The number of amides is 1. The van der Waals surface area contributed by atoms with Gasteiger partial charge in [0.15, 0.2) is 0 Å². The number of carbonyl (C=O) groups is 1. The summed E-state index contributed by atoms with van der Waals surface area (Å²) in [5.41, 5.74) is 5.75. The molecule has 4 nitrogen and oxygen atoms in total. The first-order valence-corrected chi connectivity index (χ1v) is 4.56. The summed E-state index contributed by atoms with van der Waals surface area (Å²) in [4.78, 5) is 10.7. The van der Waals surface area contributed by atoms with Gasteiger partial charge in [0.05, 0.1) is 6.61 Å². The first-order chi connectivity index (χ1) is 7.13. The van der Waals surface area contributed by atoms with E-state index in [-0.39, 0.29) is 6.61 Å². The van der Waals surface area contributed by atoms with Crippen LogP contribution >= 0.6 is 11.6 Å². The van der Waals surface area contributed by atoms with Crippen molar-refractivity contribution < 1.29 is 9.53 Å². The van der Waals surface area contributed by atoms with Crippen molar-refractivity contribution >= 4 is 17.5 Å². The zero-order valence-corrected chi connectivity index (χ0v) is 8.57. The largest absolute Gasteiger partial charge is 0.366 e. The van der Waals surface area contributed by atoms with Crippen LogP contribution in [0.25, 0.3) is 0 Å². The van der Waals surface area contributed by atoms with Crippen molar-refractivity contribution in [3.8, 4) is 6.07 Å². The number of primary amides is 1. The molecule has 78 valence electrons. The minimum absolute atomic E-state index is 0.151. The lowest BCUT2D eigenvalue weighted by molar-refractivity contribution is -0.126. The van der Waals surface area contributed by atoms with Crippen molar-refractivity contribution in [1.29, 1.82) is 5.26 Å². The van der Waals surface area contributed by atoms with Gasteiger partial charge in [-0.15, -0.1) is 0 Å².